The molecule has 0 aromatic carbocycles. The van der Waals surface area contributed by atoms with Gasteiger partial charge in [-0.2, -0.15) is 0 Å². The highest BCUT2D eigenvalue weighted by Crippen LogP contribution is 2.45. The van der Waals surface area contributed by atoms with Gasteiger partial charge in [0, 0.05) is 25.7 Å². The van der Waals surface area contributed by atoms with Crippen molar-refractivity contribution in [3.8, 4) is 0 Å². The summed E-state index contributed by atoms with van der Waals surface area (Å²) in [6, 6.07) is 0. The fraction of sp³-hybridized carbons (Fsp3) is 0.943. The highest BCUT2D eigenvalue weighted by molar-refractivity contribution is 7.47. The molecule has 0 aromatic heterocycles. The molecule has 4 unspecified atom stereocenters. The zero-order chi connectivity index (χ0) is 66.1. The number of carbonyl (C=O) groups is 4. The van der Waals surface area contributed by atoms with Gasteiger partial charge >= 0.3 is 39.5 Å². The molecule has 0 radical (unpaired) electrons. The van der Waals surface area contributed by atoms with Crippen molar-refractivity contribution in [2.45, 2.75) is 363 Å². The third-order valence-corrected chi connectivity index (χ3v) is 18.7. The van der Waals surface area contributed by atoms with Crippen molar-refractivity contribution in [1.29, 1.82) is 0 Å². The Morgan fingerprint density at radius 1 is 0.315 bits per heavy atom. The summed E-state index contributed by atoms with van der Waals surface area (Å²) >= 11 is 0. The second-order valence-electron chi connectivity index (χ2n) is 26.7. The molecule has 0 saturated carbocycles. The van der Waals surface area contributed by atoms with E-state index in [1.165, 1.54) is 141 Å². The summed E-state index contributed by atoms with van der Waals surface area (Å²) < 4.78 is 68.2. The number of rotatable bonds is 67. The van der Waals surface area contributed by atoms with Crippen LogP contribution in [-0.2, 0) is 65.4 Å². The van der Waals surface area contributed by atoms with Crippen molar-refractivity contribution in [2.24, 2.45) is 23.7 Å². The molecule has 528 valence electrons. The highest BCUT2D eigenvalue weighted by atomic mass is 31.2. The minimum absolute atomic E-state index is 0.103. The molecule has 0 bridgehead atoms. The number of phosphoric acid groups is 2. The van der Waals surface area contributed by atoms with E-state index in [-0.39, 0.29) is 25.7 Å². The predicted molar refractivity (Wildman–Crippen MR) is 358 cm³/mol. The Kier molecular flexibility index (Phi) is 58.5. The Labute approximate surface area is 543 Å². The summed E-state index contributed by atoms with van der Waals surface area (Å²) in [6.07, 6.45) is 41.8. The molecular weight excluding hydrogens is 1170 g/mol. The number of hydrogen-bond acceptors (Lipinski definition) is 15. The third kappa shape index (κ3) is 62.0. The molecule has 0 aliphatic rings. The lowest BCUT2D eigenvalue weighted by Crippen LogP contribution is -2.30. The molecule has 89 heavy (non-hydrogen) atoms. The van der Waals surface area contributed by atoms with Crippen LogP contribution in [0.5, 0.6) is 0 Å². The van der Waals surface area contributed by atoms with E-state index in [4.69, 9.17) is 37.0 Å². The standard InChI is InChI=1S/C70H136O17P2/c1-9-62(7)48-40-32-26-28-35-43-51-68(73)81-57-65(86-69(74)52-44-36-25-21-17-19-23-31-39-47-61(5)6)58-84-88(76,77)82-54-64(71)55-83-89(78,79)85-59-66(87-70(75)53-45-37-29-27-33-41-49-63(8)10-2)56-80-67(72)50-42-34-24-20-16-14-12-11-13-15-18-22-30-38-46-60(3)4/h60-66,71H,9-59H2,1-8H3,(H,76,77)(H,78,79)/t62?,63?,64-,65+,66+/m0/s1. The van der Waals surface area contributed by atoms with Gasteiger partial charge in [-0.05, 0) is 49.4 Å². The summed E-state index contributed by atoms with van der Waals surface area (Å²) in [7, 11) is -9.90. The largest absolute Gasteiger partial charge is 0.472 e. The number of aliphatic hydroxyl groups excluding tert-OH is 1. The molecule has 0 aliphatic heterocycles. The molecule has 0 rings (SSSR count). The Morgan fingerprint density at radius 3 is 0.798 bits per heavy atom. The third-order valence-electron chi connectivity index (χ3n) is 16.8. The van der Waals surface area contributed by atoms with Crippen LogP contribution in [0, 0.1) is 23.7 Å². The number of aliphatic hydroxyl groups is 1. The molecule has 19 heteroatoms. The molecule has 0 aromatic rings. The van der Waals surface area contributed by atoms with Crippen LogP contribution in [0.15, 0.2) is 0 Å². The van der Waals surface area contributed by atoms with Gasteiger partial charge in [0.15, 0.2) is 12.2 Å². The Hall–Kier alpha value is -1.94. The van der Waals surface area contributed by atoms with Gasteiger partial charge in [0.25, 0.3) is 0 Å². The summed E-state index contributed by atoms with van der Waals surface area (Å²) in [6.45, 7) is 14.1. The summed E-state index contributed by atoms with van der Waals surface area (Å²) in [5, 5.41) is 10.6. The number of carbonyl (C=O) groups excluding carboxylic acids is 4. The molecule has 0 heterocycles. The van der Waals surface area contributed by atoms with E-state index in [0.29, 0.717) is 25.7 Å². The van der Waals surface area contributed by atoms with Crippen molar-refractivity contribution in [1.82, 2.24) is 0 Å². The molecule has 0 aliphatic carbocycles. The van der Waals surface area contributed by atoms with Crippen LogP contribution in [0.1, 0.15) is 344 Å². The van der Waals surface area contributed by atoms with Crippen molar-refractivity contribution in [3.05, 3.63) is 0 Å². The van der Waals surface area contributed by atoms with E-state index < -0.39 is 97.5 Å². The number of phosphoric ester groups is 2. The topological polar surface area (TPSA) is 237 Å². The first-order chi connectivity index (χ1) is 42.7. The van der Waals surface area contributed by atoms with Crippen molar-refractivity contribution in [2.75, 3.05) is 39.6 Å². The number of unbranched alkanes of at least 4 members (excludes halogenated alkanes) is 31. The second kappa shape index (κ2) is 59.8. The molecule has 7 atom stereocenters. The fourth-order valence-corrected chi connectivity index (χ4v) is 12.0. The van der Waals surface area contributed by atoms with Gasteiger partial charge in [0.05, 0.1) is 26.4 Å². The van der Waals surface area contributed by atoms with E-state index >= 15 is 0 Å². The number of hydrogen-bond donors (Lipinski definition) is 3. The van der Waals surface area contributed by atoms with Crippen LogP contribution in [0.2, 0.25) is 0 Å². The van der Waals surface area contributed by atoms with E-state index in [1.807, 2.05) is 0 Å². The summed E-state index contributed by atoms with van der Waals surface area (Å²) in [5.41, 5.74) is 0. The van der Waals surface area contributed by atoms with E-state index in [2.05, 4.69) is 55.4 Å². The van der Waals surface area contributed by atoms with Crippen LogP contribution >= 0.6 is 15.6 Å². The van der Waals surface area contributed by atoms with Crippen molar-refractivity contribution in [3.63, 3.8) is 0 Å². The maximum atomic E-state index is 13.0. The Morgan fingerprint density at radius 2 is 0.539 bits per heavy atom. The first-order valence-corrected chi connectivity index (χ1v) is 39.3. The van der Waals surface area contributed by atoms with Gasteiger partial charge < -0.3 is 33.8 Å². The average Bonchev–Trinajstić information content (AvgIpc) is 3.71. The quantitative estimate of drug-likeness (QED) is 0.0222. The molecule has 0 spiro atoms. The van der Waals surface area contributed by atoms with E-state index in [1.54, 1.807) is 0 Å². The second-order valence-corrected chi connectivity index (χ2v) is 29.6. The Balaban J connectivity index is 5.21. The van der Waals surface area contributed by atoms with Crippen LogP contribution < -0.4 is 0 Å². The normalized spacial score (nSPS) is 14.9. The van der Waals surface area contributed by atoms with Gasteiger partial charge in [0.1, 0.15) is 19.3 Å². The molecular formula is C70H136O17P2. The highest BCUT2D eigenvalue weighted by Gasteiger charge is 2.30. The zero-order valence-electron chi connectivity index (χ0n) is 58.1. The van der Waals surface area contributed by atoms with E-state index in [9.17, 15) is 43.2 Å². The number of esters is 4. The van der Waals surface area contributed by atoms with Crippen molar-refractivity contribution >= 4 is 39.5 Å². The first-order valence-electron chi connectivity index (χ1n) is 36.3. The maximum absolute atomic E-state index is 13.0. The van der Waals surface area contributed by atoms with Crippen LogP contribution in [0.4, 0.5) is 0 Å². The van der Waals surface area contributed by atoms with Gasteiger partial charge in [-0.3, -0.25) is 37.3 Å². The van der Waals surface area contributed by atoms with Gasteiger partial charge in [-0.15, -0.1) is 0 Å². The smallest absolute Gasteiger partial charge is 0.462 e. The summed E-state index contributed by atoms with van der Waals surface area (Å²) in [4.78, 5) is 72.5. The van der Waals surface area contributed by atoms with Gasteiger partial charge in [-0.1, -0.05) is 293 Å². The van der Waals surface area contributed by atoms with Gasteiger partial charge in [0.2, 0.25) is 0 Å². The van der Waals surface area contributed by atoms with Crippen LogP contribution in [0.25, 0.3) is 0 Å². The maximum Gasteiger partial charge on any atom is 0.472 e. The van der Waals surface area contributed by atoms with Crippen molar-refractivity contribution < 1.29 is 80.2 Å². The summed E-state index contributed by atoms with van der Waals surface area (Å²) in [5.74, 6) is 0.853. The van der Waals surface area contributed by atoms with Crippen LogP contribution in [0.3, 0.4) is 0 Å². The number of ether oxygens (including phenoxy) is 4. The predicted octanol–water partition coefficient (Wildman–Crippen LogP) is 19.7. The minimum atomic E-state index is -4.95. The lowest BCUT2D eigenvalue weighted by molar-refractivity contribution is -0.161. The average molecular weight is 1310 g/mol. The molecule has 3 N–H and O–H groups in total. The minimum Gasteiger partial charge on any atom is -0.462 e. The Bertz CT molecular complexity index is 1770. The molecule has 0 saturated heterocycles. The fourth-order valence-electron chi connectivity index (χ4n) is 10.4. The first kappa shape index (κ1) is 87.1. The molecule has 17 nitrogen and oxygen atoms in total. The molecule has 0 fully saturated rings. The zero-order valence-corrected chi connectivity index (χ0v) is 59.8. The SMILES string of the molecule is CCC(C)CCCCCCCCC(=O)OC[C@H](COP(=O)(O)OC[C@H](O)COP(=O)(O)OC[C@@H](COC(=O)CCCCCCCCCCCCCCCCC(C)C)OC(=O)CCCCCCCCC(C)CC)OC(=O)CCCCCCCCCCCC(C)C. The van der Waals surface area contributed by atoms with E-state index in [0.717, 1.165) is 120 Å². The monoisotopic (exact) mass is 1310 g/mol. The lowest BCUT2D eigenvalue weighted by Gasteiger charge is -2.21. The molecule has 0 amide bonds. The lowest BCUT2D eigenvalue weighted by atomic mass is 10.00. The van der Waals surface area contributed by atoms with Gasteiger partial charge in [-0.25, -0.2) is 9.13 Å². The van der Waals surface area contributed by atoms with Crippen LogP contribution in [-0.4, -0.2) is 96.7 Å².